The van der Waals surface area contributed by atoms with Crippen LogP contribution in [0.3, 0.4) is 0 Å². The monoisotopic (exact) mass is 406 g/mol. The zero-order valence-corrected chi connectivity index (χ0v) is 16.3. The summed E-state index contributed by atoms with van der Waals surface area (Å²) in [6, 6.07) is 14.9. The van der Waals surface area contributed by atoms with Gasteiger partial charge in [-0.15, -0.1) is 10.2 Å². The number of benzene rings is 2. The summed E-state index contributed by atoms with van der Waals surface area (Å²) in [5.41, 5.74) is 1.80. The highest BCUT2D eigenvalue weighted by Crippen LogP contribution is 2.27. The highest BCUT2D eigenvalue weighted by Gasteiger charge is 2.13. The Kier molecular flexibility index (Phi) is 6.19. The Balaban J connectivity index is 1.60. The average Bonchev–Trinajstić information content (AvgIpc) is 2.97. The molecule has 1 amide bonds. The molecule has 0 saturated heterocycles. The van der Waals surface area contributed by atoms with Crippen molar-refractivity contribution >= 4 is 46.6 Å². The summed E-state index contributed by atoms with van der Waals surface area (Å²) < 4.78 is 1.83. The summed E-state index contributed by atoms with van der Waals surface area (Å²) in [5.74, 6) is 1.15. The fourth-order valence-corrected chi connectivity index (χ4v) is 3.47. The Morgan fingerprint density at radius 2 is 1.88 bits per heavy atom. The Hall–Kier alpha value is -2.02. The predicted molar refractivity (Wildman–Crippen MR) is 106 cm³/mol. The summed E-state index contributed by atoms with van der Waals surface area (Å²) in [7, 11) is 1.85. The number of carbonyl (C=O) groups is 1. The number of rotatable bonds is 6. The molecule has 0 fully saturated rings. The minimum atomic E-state index is -0.132. The topological polar surface area (TPSA) is 59.8 Å². The second kappa shape index (κ2) is 8.58. The third kappa shape index (κ3) is 4.78. The van der Waals surface area contributed by atoms with E-state index in [1.165, 1.54) is 11.8 Å². The lowest BCUT2D eigenvalue weighted by atomic mass is 10.2. The van der Waals surface area contributed by atoms with Gasteiger partial charge in [0.05, 0.1) is 16.5 Å². The van der Waals surface area contributed by atoms with Gasteiger partial charge in [0.1, 0.15) is 5.82 Å². The molecule has 3 aromatic rings. The Labute approximate surface area is 165 Å². The van der Waals surface area contributed by atoms with E-state index in [-0.39, 0.29) is 12.3 Å². The van der Waals surface area contributed by atoms with Gasteiger partial charge in [-0.3, -0.25) is 4.79 Å². The second-order valence-electron chi connectivity index (χ2n) is 5.59. The minimum absolute atomic E-state index is 0.132. The van der Waals surface area contributed by atoms with Crippen LogP contribution < -0.4 is 5.32 Å². The molecule has 0 radical (unpaired) electrons. The number of hydrogen-bond donors (Lipinski definition) is 1. The van der Waals surface area contributed by atoms with Crippen LogP contribution in [0.5, 0.6) is 0 Å². The lowest BCUT2D eigenvalue weighted by Gasteiger charge is -2.06. The normalized spacial score (nSPS) is 10.7. The van der Waals surface area contributed by atoms with Gasteiger partial charge in [-0.05, 0) is 29.8 Å². The van der Waals surface area contributed by atoms with Gasteiger partial charge in [0.2, 0.25) is 5.91 Å². The number of nitrogens with one attached hydrogen (secondary N) is 1. The first-order chi connectivity index (χ1) is 12.5. The molecule has 0 unspecified atom stereocenters. The lowest BCUT2D eigenvalue weighted by Crippen LogP contribution is -2.16. The van der Waals surface area contributed by atoms with Crippen LogP contribution >= 0.6 is 35.0 Å². The van der Waals surface area contributed by atoms with E-state index in [0.29, 0.717) is 21.6 Å². The second-order valence-corrected chi connectivity index (χ2v) is 7.34. The number of aromatic nitrogens is 3. The van der Waals surface area contributed by atoms with Crippen LogP contribution in [0, 0.1) is 0 Å². The first-order valence-electron chi connectivity index (χ1n) is 7.83. The van der Waals surface area contributed by atoms with Crippen LogP contribution in [-0.4, -0.2) is 20.7 Å². The molecule has 0 spiro atoms. The number of para-hydroxylation sites is 1. The molecular formula is C18H16Cl2N4OS. The van der Waals surface area contributed by atoms with Crippen LogP contribution in [-0.2, 0) is 24.0 Å². The van der Waals surface area contributed by atoms with Gasteiger partial charge in [0.15, 0.2) is 5.16 Å². The number of anilines is 1. The van der Waals surface area contributed by atoms with Crippen LogP contribution in [0.1, 0.15) is 11.4 Å². The molecule has 0 bridgehead atoms. The minimum Gasteiger partial charge on any atom is -0.326 e. The quantitative estimate of drug-likeness (QED) is 0.607. The summed E-state index contributed by atoms with van der Waals surface area (Å²) in [4.78, 5) is 12.2. The molecule has 26 heavy (non-hydrogen) atoms. The summed E-state index contributed by atoms with van der Waals surface area (Å²) in [5, 5.41) is 12.9. The van der Waals surface area contributed by atoms with Crippen LogP contribution in [0.4, 0.5) is 5.69 Å². The molecule has 1 N–H and O–H groups in total. The van der Waals surface area contributed by atoms with E-state index in [9.17, 15) is 4.79 Å². The zero-order valence-electron chi connectivity index (χ0n) is 13.9. The van der Waals surface area contributed by atoms with Crippen molar-refractivity contribution in [3.05, 3.63) is 70.0 Å². The summed E-state index contributed by atoms with van der Waals surface area (Å²) in [6.07, 6.45) is 0.158. The van der Waals surface area contributed by atoms with Crippen molar-refractivity contribution in [2.24, 2.45) is 7.05 Å². The number of carbonyl (C=O) groups excluding carboxylic acids is 1. The zero-order chi connectivity index (χ0) is 18.5. The van der Waals surface area contributed by atoms with Gasteiger partial charge < -0.3 is 9.88 Å². The van der Waals surface area contributed by atoms with Crippen LogP contribution in [0.2, 0.25) is 10.0 Å². The summed E-state index contributed by atoms with van der Waals surface area (Å²) >= 11 is 13.5. The van der Waals surface area contributed by atoms with E-state index in [4.69, 9.17) is 23.2 Å². The highest BCUT2D eigenvalue weighted by molar-refractivity contribution is 7.98. The van der Waals surface area contributed by atoms with Gasteiger partial charge in [-0.25, -0.2) is 0 Å². The maximum Gasteiger partial charge on any atom is 0.232 e. The largest absolute Gasteiger partial charge is 0.326 e. The van der Waals surface area contributed by atoms with Crippen molar-refractivity contribution in [2.45, 2.75) is 17.3 Å². The van der Waals surface area contributed by atoms with Crippen LogP contribution in [0.15, 0.2) is 53.7 Å². The molecule has 0 aliphatic heterocycles. The molecule has 2 aromatic carbocycles. The molecule has 0 atom stereocenters. The molecule has 1 aromatic heterocycles. The predicted octanol–water partition coefficient (Wildman–Crippen LogP) is 4.60. The molecule has 5 nitrogen and oxygen atoms in total. The Morgan fingerprint density at radius 3 is 2.62 bits per heavy atom. The Morgan fingerprint density at radius 1 is 1.12 bits per heavy atom. The first-order valence-corrected chi connectivity index (χ1v) is 9.57. The SMILES string of the molecule is Cn1c(CC(=O)Nc2ccccc2)nnc1SCc1ccc(Cl)c(Cl)c1. The Bertz CT molecular complexity index is 915. The molecule has 0 saturated carbocycles. The molecule has 0 aliphatic rings. The maximum atomic E-state index is 12.2. The number of hydrogen-bond acceptors (Lipinski definition) is 4. The summed E-state index contributed by atoms with van der Waals surface area (Å²) in [6.45, 7) is 0. The molecule has 3 rings (SSSR count). The van der Waals surface area contributed by atoms with Gasteiger partial charge in [0, 0.05) is 18.5 Å². The molecule has 8 heteroatoms. The van der Waals surface area contributed by atoms with Gasteiger partial charge in [-0.2, -0.15) is 0 Å². The standard InChI is InChI=1S/C18H16Cl2N4OS/c1-24-16(10-17(25)21-13-5-3-2-4-6-13)22-23-18(24)26-11-12-7-8-14(19)15(20)9-12/h2-9H,10-11H2,1H3,(H,21,25). The van der Waals surface area contributed by atoms with Crippen LogP contribution in [0.25, 0.3) is 0 Å². The van der Waals surface area contributed by atoms with Gasteiger partial charge >= 0.3 is 0 Å². The number of halogens is 2. The van der Waals surface area contributed by atoms with Crippen molar-refractivity contribution in [2.75, 3.05) is 5.32 Å². The van der Waals surface area contributed by atoms with E-state index in [1.54, 1.807) is 6.07 Å². The molecule has 134 valence electrons. The number of amides is 1. The van der Waals surface area contributed by atoms with E-state index in [1.807, 2.05) is 54.1 Å². The first kappa shape index (κ1) is 18.8. The molecule has 0 aliphatic carbocycles. The molecular weight excluding hydrogens is 391 g/mol. The van der Waals surface area contributed by atoms with Crippen molar-refractivity contribution in [3.8, 4) is 0 Å². The number of thioether (sulfide) groups is 1. The fourth-order valence-electron chi connectivity index (χ4n) is 2.27. The molecule has 1 heterocycles. The van der Waals surface area contributed by atoms with E-state index >= 15 is 0 Å². The van der Waals surface area contributed by atoms with Crippen molar-refractivity contribution in [3.63, 3.8) is 0 Å². The maximum absolute atomic E-state index is 12.2. The fraction of sp³-hybridized carbons (Fsp3) is 0.167. The lowest BCUT2D eigenvalue weighted by molar-refractivity contribution is -0.115. The van der Waals surface area contributed by atoms with Crippen molar-refractivity contribution in [1.29, 1.82) is 0 Å². The average molecular weight is 407 g/mol. The van der Waals surface area contributed by atoms with Gasteiger partial charge in [-0.1, -0.05) is 59.2 Å². The van der Waals surface area contributed by atoms with Crippen molar-refractivity contribution in [1.82, 2.24) is 14.8 Å². The number of nitrogens with zero attached hydrogens (tertiary/aromatic N) is 3. The smallest absolute Gasteiger partial charge is 0.232 e. The van der Waals surface area contributed by atoms with E-state index in [0.717, 1.165) is 16.4 Å². The third-order valence-electron chi connectivity index (χ3n) is 3.65. The third-order valence-corrected chi connectivity index (χ3v) is 5.48. The van der Waals surface area contributed by atoms with E-state index in [2.05, 4.69) is 15.5 Å². The van der Waals surface area contributed by atoms with Gasteiger partial charge in [0.25, 0.3) is 0 Å². The van der Waals surface area contributed by atoms with E-state index < -0.39 is 0 Å². The highest BCUT2D eigenvalue weighted by atomic mass is 35.5. The van der Waals surface area contributed by atoms with Crippen molar-refractivity contribution < 1.29 is 4.79 Å².